The van der Waals surface area contributed by atoms with E-state index in [-0.39, 0.29) is 0 Å². The Hall–Kier alpha value is -1.33. The first-order chi connectivity index (χ1) is 8.20. The van der Waals surface area contributed by atoms with Crippen molar-refractivity contribution in [1.29, 1.82) is 0 Å². The quantitative estimate of drug-likeness (QED) is 0.788. The number of hydrogen-bond donors (Lipinski definition) is 1. The van der Waals surface area contributed by atoms with Gasteiger partial charge in [-0.15, -0.1) is 0 Å². The number of carbonyl (C=O) groups is 1. The van der Waals surface area contributed by atoms with Crippen molar-refractivity contribution < 1.29 is 13.9 Å². The zero-order valence-electron chi connectivity index (χ0n) is 10.2. The lowest BCUT2D eigenvalue weighted by Gasteiger charge is -2.12. The molecule has 2 heterocycles. The van der Waals surface area contributed by atoms with Crippen LogP contribution in [-0.4, -0.2) is 44.2 Å². The Balaban J connectivity index is 1.90. The second kappa shape index (κ2) is 5.33. The Kier molecular flexibility index (Phi) is 3.81. The first kappa shape index (κ1) is 12.1. The van der Waals surface area contributed by atoms with Gasteiger partial charge in [-0.2, -0.15) is 0 Å². The van der Waals surface area contributed by atoms with Gasteiger partial charge in [0.25, 0.3) is 0 Å². The van der Waals surface area contributed by atoms with Gasteiger partial charge in [-0.25, -0.2) is 4.79 Å². The van der Waals surface area contributed by atoms with Crippen molar-refractivity contribution in [3.05, 3.63) is 23.7 Å². The van der Waals surface area contributed by atoms with Crippen LogP contribution < -0.4 is 5.32 Å². The molecule has 0 spiro atoms. The van der Waals surface area contributed by atoms with Crippen LogP contribution in [0.4, 0.5) is 0 Å². The highest BCUT2D eigenvalue weighted by atomic mass is 16.5. The van der Waals surface area contributed by atoms with Gasteiger partial charge < -0.3 is 19.4 Å². The van der Waals surface area contributed by atoms with Gasteiger partial charge in [0.1, 0.15) is 0 Å². The van der Waals surface area contributed by atoms with Gasteiger partial charge in [0.15, 0.2) is 0 Å². The molecule has 5 nitrogen and oxygen atoms in total. The molecule has 1 fully saturated rings. The van der Waals surface area contributed by atoms with Crippen LogP contribution in [0.25, 0.3) is 0 Å². The molecule has 1 unspecified atom stereocenters. The highest BCUT2D eigenvalue weighted by Gasteiger charge is 2.20. The SMILES string of the molecule is COC(=O)c1occc1CNC1CCN(C)C1. The molecule has 1 saturated heterocycles. The van der Waals surface area contributed by atoms with Crippen LogP contribution >= 0.6 is 0 Å². The van der Waals surface area contributed by atoms with Crippen LogP contribution in [-0.2, 0) is 11.3 Å². The summed E-state index contributed by atoms with van der Waals surface area (Å²) in [4.78, 5) is 13.7. The van der Waals surface area contributed by atoms with Crippen molar-refractivity contribution in [1.82, 2.24) is 10.2 Å². The van der Waals surface area contributed by atoms with Crippen molar-refractivity contribution in [3.63, 3.8) is 0 Å². The molecular formula is C12H18N2O3. The standard InChI is InChI=1S/C12H18N2O3/c1-14-5-3-10(8-14)13-7-9-4-6-17-11(9)12(15)16-2/h4,6,10,13H,3,5,7-8H2,1-2H3. The molecule has 1 atom stereocenters. The Morgan fingerprint density at radius 2 is 2.53 bits per heavy atom. The van der Waals surface area contributed by atoms with Gasteiger partial charge in [-0.1, -0.05) is 0 Å². The lowest BCUT2D eigenvalue weighted by Crippen LogP contribution is -2.31. The first-order valence-electron chi connectivity index (χ1n) is 5.77. The van der Waals surface area contributed by atoms with Crippen LogP contribution in [0.5, 0.6) is 0 Å². The summed E-state index contributed by atoms with van der Waals surface area (Å²) in [7, 11) is 3.47. The predicted molar refractivity (Wildman–Crippen MR) is 62.8 cm³/mol. The second-order valence-corrected chi connectivity index (χ2v) is 4.40. The molecule has 0 aliphatic carbocycles. The lowest BCUT2D eigenvalue weighted by molar-refractivity contribution is 0.0563. The molecule has 0 saturated carbocycles. The summed E-state index contributed by atoms with van der Waals surface area (Å²) in [6.07, 6.45) is 2.66. The summed E-state index contributed by atoms with van der Waals surface area (Å²) >= 11 is 0. The molecule has 1 aliphatic rings. The third kappa shape index (κ3) is 2.87. The monoisotopic (exact) mass is 238 g/mol. The highest BCUT2D eigenvalue weighted by Crippen LogP contribution is 2.13. The largest absolute Gasteiger partial charge is 0.463 e. The summed E-state index contributed by atoms with van der Waals surface area (Å²) < 4.78 is 9.78. The summed E-state index contributed by atoms with van der Waals surface area (Å²) in [5.74, 6) is -0.123. The Bertz CT molecular complexity index is 389. The summed E-state index contributed by atoms with van der Waals surface area (Å²) in [6.45, 7) is 2.80. The first-order valence-corrected chi connectivity index (χ1v) is 5.77. The molecule has 94 valence electrons. The zero-order valence-corrected chi connectivity index (χ0v) is 10.2. The molecule has 0 aromatic carbocycles. The van der Waals surface area contributed by atoms with Crippen LogP contribution in [0.3, 0.4) is 0 Å². The smallest absolute Gasteiger partial charge is 0.374 e. The third-order valence-electron chi connectivity index (χ3n) is 3.09. The van der Waals surface area contributed by atoms with E-state index in [1.165, 1.54) is 13.4 Å². The lowest BCUT2D eigenvalue weighted by atomic mass is 10.2. The molecule has 5 heteroatoms. The fourth-order valence-electron chi connectivity index (χ4n) is 2.10. The Labute approximate surface area is 101 Å². The van der Waals surface area contributed by atoms with Crippen LogP contribution in [0.2, 0.25) is 0 Å². The van der Waals surface area contributed by atoms with Gasteiger partial charge in [-0.3, -0.25) is 0 Å². The number of likely N-dealkylation sites (N-methyl/N-ethyl adjacent to an activating group) is 1. The van der Waals surface area contributed by atoms with Crippen molar-refractivity contribution in [2.24, 2.45) is 0 Å². The summed E-state index contributed by atoms with van der Waals surface area (Å²) in [5, 5.41) is 3.42. The van der Waals surface area contributed by atoms with E-state index in [2.05, 4.69) is 22.0 Å². The van der Waals surface area contributed by atoms with Crippen molar-refractivity contribution >= 4 is 5.97 Å². The van der Waals surface area contributed by atoms with E-state index in [4.69, 9.17) is 4.42 Å². The highest BCUT2D eigenvalue weighted by molar-refractivity contribution is 5.87. The number of nitrogens with one attached hydrogen (secondary N) is 1. The number of likely N-dealkylation sites (tertiary alicyclic amines) is 1. The van der Waals surface area contributed by atoms with Crippen LogP contribution in [0, 0.1) is 0 Å². The van der Waals surface area contributed by atoms with Gasteiger partial charge in [0, 0.05) is 24.7 Å². The number of methoxy groups -OCH3 is 1. The number of carbonyl (C=O) groups excluding carboxylic acids is 1. The van der Waals surface area contributed by atoms with Gasteiger partial charge in [0.05, 0.1) is 13.4 Å². The molecule has 1 aromatic rings. The Morgan fingerprint density at radius 3 is 3.18 bits per heavy atom. The predicted octanol–water partition coefficient (Wildman–Crippen LogP) is 0.860. The number of rotatable bonds is 4. The summed E-state index contributed by atoms with van der Waals surface area (Å²) in [5.41, 5.74) is 0.853. The number of furan rings is 1. The number of nitrogens with zero attached hydrogens (tertiary/aromatic N) is 1. The topological polar surface area (TPSA) is 54.7 Å². The van der Waals surface area contributed by atoms with E-state index in [0.29, 0.717) is 18.3 Å². The maximum atomic E-state index is 11.4. The summed E-state index contributed by atoms with van der Waals surface area (Å²) in [6, 6.07) is 2.29. The maximum absolute atomic E-state index is 11.4. The van der Waals surface area contributed by atoms with Crippen LogP contribution in [0.15, 0.2) is 16.7 Å². The van der Waals surface area contributed by atoms with E-state index in [9.17, 15) is 4.79 Å². The Morgan fingerprint density at radius 1 is 1.71 bits per heavy atom. The number of ether oxygens (including phenoxy) is 1. The molecule has 0 amide bonds. The van der Waals surface area contributed by atoms with Crippen molar-refractivity contribution in [3.8, 4) is 0 Å². The average molecular weight is 238 g/mol. The minimum atomic E-state index is -0.421. The van der Waals surface area contributed by atoms with E-state index >= 15 is 0 Å². The van der Waals surface area contributed by atoms with E-state index < -0.39 is 5.97 Å². The second-order valence-electron chi connectivity index (χ2n) is 4.40. The van der Waals surface area contributed by atoms with Crippen molar-refractivity contribution in [2.45, 2.75) is 19.0 Å². The molecule has 1 aromatic heterocycles. The van der Waals surface area contributed by atoms with E-state index in [1.54, 1.807) is 6.07 Å². The average Bonchev–Trinajstić information content (AvgIpc) is 2.94. The van der Waals surface area contributed by atoms with Gasteiger partial charge >= 0.3 is 5.97 Å². The molecule has 0 radical (unpaired) electrons. The molecular weight excluding hydrogens is 220 g/mol. The number of hydrogen-bond acceptors (Lipinski definition) is 5. The number of esters is 1. The maximum Gasteiger partial charge on any atom is 0.374 e. The van der Waals surface area contributed by atoms with E-state index in [0.717, 1.165) is 25.1 Å². The van der Waals surface area contributed by atoms with Gasteiger partial charge in [0.2, 0.25) is 5.76 Å². The molecule has 1 aliphatic heterocycles. The fourth-order valence-corrected chi connectivity index (χ4v) is 2.10. The normalized spacial score (nSPS) is 20.7. The molecule has 1 N–H and O–H groups in total. The molecule has 2 rings (SSSR count). The van der Waals surface area contributed by atoms with Crippen molar-refractivity contribution in [2.75, 3.05) is 27.2 Å². The minimum absolute atomic E-state index is 0.298. The minimum Gasteiger partial charge on any atom is -0.463 e. The van der Waals surface area contributed by atoms with E-state index in [1.807, 2.05) is 0 Å². The fraction of sp³-hybridized carbons (Fsp3) is 0.583. The zero-order chi connectivity index (χ0) is 12.3. The van der Waals surface area contributed by atoms with Crippen LogP contribution in [0.1, 0.15) is 22.5 Å². The third-order valence-corrected chi connectivity index (χ3v) is 3.09. The van der Waals surface area contributed by atoms with Gasteiger partial charge in [-0.05, 0) is 26.1 Å². The molecule has 17 heavy (non-hydrogen) atoms. The molecule has 0 bridgehead atoms.